The topological polar surface area (TPSA) is 75.8 Å². The highest BCUT2D eigenvalue weighted by molar-refractivity contribution is 6.30. The third kappa shape index (κ3) is 3.16. The van der Waals surface area contributed by atoms with Crippen molar-refractivity contribution < 1.29 is 14.6 Å². The third-order valence-corrected chi connectivity index (χ3v) is 3.69. The smallest absolute Gasteiger partial charge is 0.294 e. The molecule has 0 aromatic heterocycles. The Bertz CT molecular complexity index is 772. The molecule has 0 atom stereocenters. The van der Waals surface area contributed by atoms with E-state index in [1.54, 1.807) is 48.5 Å². The van der Waals surface area contributed by atoms with Crippen LogP contribution in [0.25, 0.3) is 6.08 Å². The Hall–Kier alpha value is -2.50. The normalized spacial score (nSPS) is 15.5. The maximum atomic E-state index is 12.6. The van der Waals surface area contributed by atoms with Gasteiger partial charge in [-0.3, -0.25) is 9.69 Å². The van der Waals surface area contributed by atoms with E-state index in [0.29, 0.717) is 22.1 Å². The van der Waals surface area contributed by atoms with Crippen molar-refractivity contribution in [2.75, 3.05) is 23.8 Å². The molecule has 0 saturated heterocycles. The van der Waals surface area contributed by atoms with Crippen LogP contribution in [-0.4, -0.2) is 24.2 Å². The monoisotopic (exact) mass is 330 g/mol. The first-order valence-electron chi connectivity index (χ1n) is 7.06. The van der Waals surface area contributed by atoms with Crippen LogP contribution in [-0.2, 0) is 4.79 Å². The van der Waals surface area contributed by atoms with Crippen molar-refractivity contribution in [2.45, 2.75) is 0 Å². The van der Waals surface area contributed by atoms with Gasteiger partial charge in [0.05, 0.1) is 12.3 Å². The first-order valence-corrected chi connectivity index (χ1v) is 7.43. The third-order valence-electron chi connectivity index (χ3n) is 3.44. The largest absolute Gasteiger partial charge is 0.449 e. The number of nitrogens with zero attached hydrogens (tertiary/aromatic N) is 1. The van der Waals surface area contributed by atoms with E-state index in [0.717, 1.165) is 5.56 Å². The number of carbonyl (C=O) groups is 1. The first kappa shape index (κ1) is 15.4. The van der Waals surface area contributed by atoms with Gasteiger partial charge >= 0.3 is 0 Å². The maximum Gasteiger partial charge on any atom is 0.294 e. The molecule has 0 bridgehead atoms. The van der Waals surface area contributed by atoms with Gasteiger partial charge in [0.25, 0.3) is 5.91 Å². The number of carbonyl (C=O) groups excluding carboxylic acids is 1. The van der Waals surface area contributed by atoms with Crippen LogP contribution in [0.15, 0.2) is 48.2 Å². The SMILES string of the molecule is Nc1ccc2c(c1)O/C(=C/c1ccc(Cl)cc1)C(=O)N2CCO. The molecule has 1 amide bonds. The van der Waals surface area contributed by atoms with Gasteiger partial charge < -0.3 is 15.6 Å². The van der Waals surface area contributed by atoms with E-state index < -0.39 is 0 Å². The Balaban J connectivity index is 2.02. The molecule has 0 radical (unpaired) electrons. The van der Waals surface area contributed by atoms with Gasteiger partial charge in [-0.2, -0.15) is 0 Å². The summed E-state index contributed by atoms with van der Waals surface area (Å²) in [5, 5.41) is 9.84. The lowest BCUT2D eigenvalue weighted by Gasteiger charge is -2.30. The van der Waals surface area contributed by atoms with Crippen molar-refractivity contribution >= 4 is 35.0 Å². The summed E-state index contributed by atoms with van der Waals surface area (Å²) in [4.78, 5) is 14.1. The lowest BCUT2D eigenvalue weighted by molar-refractivity contribution is -0.117. The molecule has 2 aromatic rings. The molecule has 118 valence electrons. The number of nitrogens with two attached hydrogens (primary N) is 1. The minimum absolute atomic E-state index is 0.149. The molecular formula is C17H15ClN2O3. The Morgan fingerprint density at radius 3 is 2.65 bits per heavy atom. The van der Waals surface area contributed by atoms with Crippen molar-refractivity contribution in [1.82, 2.24) is 0 Å². The number of β-amino-alcohol motifs (C(OH)–C–C–N with tert-alkyl or cyclic N) is 1. The molecule has 23 heavy (non-hydrogen) atoms. The molecule has 3 N–H and O–H groups in total. The van der Waals surface area contributed by atoms with Crippen LogP contribution in [0.3, 0.4) is 0 Å². The van der Waals surface area contributed by atoms with E-state index in [4.69, 9.17) is 22.1 Å². The average Bonchev–Trinajstić information content (AvgIpc) is 2.53. The summed E-state index contributed by atoms with van der Waals surface area (Å²) >= 11 is 5.86. The van der Waals surface area contributed by atoms with Gasteiger partial charge in [-0.1, -0.05) is 23.7 Å². The lowest BCUT2D eigenvalue weighted by Crippen LogP contribution is -2.39. The predicted octanol–water partition coefficient (Wildman–Crippen LogP) is 2.68. The van der Waals surface area contributed by atoms with E-state index in [-0.39, 0.29) is 24.8 Å². The molecule has 1 heterocycles. The number of amides is 1. The van der Waals surface area contributed by atoms with Crippen LogP contribution in [0.2, 0.25) is 5.02 Å². The number of rotatable bonds is 3. The Morgan fingerprint density at radius 1 is 1.22 bits per heavy atom. The summed E-state index contributed by atoms with van der Waals surface area (Å²) in [6, 6.07) is 12.1. The molecule has 1 aliphatic heterocycles. The standard InChI is InChI=1S/C17H15ClN2O3/c18-12-3-1-11(2-4-12)9-16-17(22)20(7-8-21)14-6-5-13(19)10-15(14)23-16/h1-6,9-10,21H,7-8,19H2/b16-9+. The van der Waals surface area contributed by atoms with Crippen molar-refractivity contribution in [3.63, 3.8) is 0 Å². The molecule has 2 aromatic carbocycles. The fourth-order valence-corrected chi connectivity index (χ4v) is 2.49. The molecule has 0 spiro atoms. The summed E-state index contributed by atoms with van der Waals surface area (Å²) in [6.07, 6.45) is 1.63. The zero-order chi connectivity index (χ0) is 16.4. The number of anilines is 2. The van der Waals surface area contributed by atoms with Gasteiger partial charge in [-0.15, -0.1) is 0 Å². The summed E-state index contributed by atoms with van der Waals surface area (Å²) in [7, 11) is 0. The number of halogens is 1. The predicted molar refractivity (Wildman–Crippen MR) is 90.4 cm³/mol. The van der Waals surface area contributed by atoms with Crippen LogP contribution >= 0.6 is 11.6 Å². The second-order valence-electron chi connectivity index (χ2n) is 5.07. The van der Waals surface area contributed by atoms with E-state index in [2.05, 4.69) is 0 Å². The number of benzene rings is 2. The zero-order valence-electron chi connectivity index (χ0n) is 12.2. The van der Waals surface area contributed by atoms with Crippen LogP contribution < -0.4 is 15.4 Å². The lowest BCUT2D eigenvalue weighted by atomic mass is 10.1. The van der Waals surface area contributed by atoms with Crippen molar-refractivity contribution in [3.8, 4) is 5.75 Å². The van der Waals surface area contributed by atoms with Crippen molar-refractivity contribution in [3.05, 3.63) is 58.8 Å². The minimum Gasteiger partial charge on any atom is -0.449 e. The molecule has 0 unspecified atom stereocenters. The fraction of sp³-hybridized carbons (Fsp3) is 0.118. The highest BCUT2D eigenvalue weighted by Gasteiger charge is 2.30. The molecule has 3 rings (SSSR count). The van der Waals surface area contributed by atoms with Crippen LogP contribution in [0.1, 0.15) is 5.56 Å². The molecule has 0 saturated carbocycles. The van der Waals surface area contributed by atoms with E-state index >= 15 is 0 Å². The number of nitrogen functional groups attached to an aromatic ring is 1. The van der Waals surface area contributed by atoms with E-state index in [1.807, 2.05) is 0 Å². The molecule has 6 heteroatoms. The Labute approximate surface area is 138 Å². The average molecular weight is 331 g/mol. The fourth-order valence-electron chi connectivity index (χ4n) is 2.36. The Kier molecular flexibility index (Phi) is 4.23. The van der Waals surface area contributed by atoms with Crippen LogP contribution in [0, 0.1) is 0 Å². The van der Waals surface area contributed by atoms with Gasteiger partial charge in [0.1, 0.15) is 0 Å². The van der Waals surface area contributed by atoms with Crippen LogP contribution in [0.4, 0.5) is 11.4 Å². The molecular weight excluding hydrogens is 316 g/mol. The molecule has 0 fully saturated rings. The van der Waals surface area contributed by atoms with Crippen molar-refractivity contribution in [2.24, 2.45) is 0 Å². The zero-order valence-corrected chi connectivity index (χ0v) is 13.0. The molecule has 1 aliphatic rings. The second-order valence-corrected chi connectivity index (χ2v) is 5.51. The number of aliphatic hydroxyl groups is 1. The van der Waals surface area contributed by atoms with Gasteiger partial charge in [-0.25, -0.2) is 0 Å². The Morgan fingerprint density at radius 2 is 1.96 bits per heavy atom. The van der Waals surface area contributed by atoms with Gasteiger partial charge in [0, 0.05) is 23.3 Å². The van der Waals surface area contributed by atoms with E-state index in [9.17, 15) is 9.90 Å². The summed E-state index contributed by atoms with van der Waals surface area (Å²) in [5.41, 5.74) is 7.69. The number of fused-ring (bicyclic) bond motifs is 1. The minimum atomic E-state index is -0.314. The number of hydrogen-bond donors (Lipinski definition) is 2. The number of hydrogen-bond acceptors (Lipinski definition) is 4. The first-order chi connectivity index (χ1) is 11.1. The summed E-state index contributed by atoms with van der Waals surface area (Å²) < 4.78 is 5.71. The van der Waals surface area contributed by atoms with Gasteiger partial charge in [-0.05, 0) is 35.9 Å². The van der Waals surface area contributed by atoms with Crippen molar-refractivity contribution in [1.29, 1.82) is 0 Å². The summed E-state index contributed by atoms with van der Waals surface area (Å²) in [6.45, 7) is 0.0286. The van der Waals surface area contributed by atoms with E-state index in [1.165, 1.54) is 4.90 Å². The highest BCUT2D eigenvalue weighted by atomic mass is 35.5. The van der Waals surface area contributed by atoms with Crippen LogP contribution in [0.5, 0.6) is 5.75 Å². The maximum absolute atomic E-state index is 12.6. The molecule has 0 aliphatic carbocycles. The number of ether oxygens (including phenoxy) is 1. The number of aliphatic hydroxyl groups excluding tert-OH is 1. The highest BCUT2D eigenvalue weighted by Crippen LogP contribution is 2.37. The van der Waals surface area contributed by atoms with Gasteiger partial charge in [0.2, 0.25) is 0 Å². The van der Waals surface area contributed by atoms with Gasteiger partial charge in [0.15, 0.2) is 11.5 Å². The molecule has 5 nitrogen and oxygen atoms in total. The quantitative estimate of drug-likeness (QED) is 0.670. The second kappa shape index (κ2) is 6.32. The summed E-state index contributed by atoms with van der Waals surface area (Å²) in [5.74, 6) is 0.336.